The Kier molecular flexibility index (Phi) is 7.01. The molecule has 0 N–H and O–H groups in total. The molecule has 2 aromatic carbocycles. The van der Waals surface area contributed by atoms with Crippen molar-refractivity contribution in [3.05, 3.63) is 89.4 Å². The van der Waals surface area contributed by atoms with Gasteiger partial charge in [0.05, 0.1) is 24.7 Å². The lowest BCUT2D eigenvalue weighted by atomic mass is 10.0. The Bertz CT molecular complexity index is 1400. The fraction of sp³-hybridized carbons (Fsp3) is 0.357. The molecule has 2 aliphatic heterocycles. The summed E-state index contributed by atoms with van der Waals surface area (Å²) in [6, 6.07) is 18.4. The van der Waals surface area contributed by atoms with E-state index in [9.17, 15) is 4.79 Å². The number of ether oxygens (including phenoxy) is 2. The van der Waals surface area contributed by atoms with E-state index in [1.807, 2.05) is 30.3 Å². The zero-order valence-electron chi connectivity index (χ0n) is 21.2. The molecule has 1 spiro atoms. The fourth-order valence-electron chi connectivity index (χ4n) is 4.94. The van der Waals surface area contributed by atoms with Gasteiger partial charge in [-0.05, 0) is 24.1 Å². The van der Waals surface area contributed by atoms with Gasteiger partial charge in [0.2, 0.25) is 5.89 Å². The third kappa shape index (κ3) is 5.11. The van der Waals surface area contributed by atoms with Crippen LogP contribution >= 0.6 is 11.8 Å². The van der Waals surface area contributed by atoms with E-state index < -0.39 is 5.79 Å². The van der Waals surface area contributed by atoms with Crippen molar-refractivity contribution in [2.24, 2.45) is 0 Å². The molecule has 0 aliphatic carbocycles. The minimum absolute atomic E-state index is 0.133. The number of carbonyl (C=O) groups is 1. The number of nitrogens with zero attached hydrogens (tertiary/aromatic N) is 5. The highest BCUT2D eigenvalue weighted by Gasteiger charge is 2.41. The normalized spacial score (nSPS) is 16.8. The van der Waals surface area contributed by atoms with Crippen LogP contribution in [0.15, 0.2) is 70.4 Å². The molecule has 2 saturated heterocycles. The third-order valence-corrected chi connectivity index (χ3v) is 7.90. The number of carbonyl (C=O) groups excluding carboxylic acids is 1. The number of rotatable bonds is 7. The predicted octanol–water partition coefficient (Wildman–Crippen LogP) is 4.43. The van der Waals surface area contributed by atoms with E-state index in [0.717, 1.165) is 27.8 Å². The van der Waals surface area contributed by atoms with Gasteiger partial charge in [-0.25, -0.2) is 4.98 Å². The number of aryl methyl sites for hydroxylation is 1. The van der Waals surface area contributed by atoms with Crippen LogP contribution in [-0.4, -0.2) is 62.6 Å². The lowest BCUT2D eigenvalue weighted by Gasteiger charge is -2.37. The molecule has 2 fully saturated rings. The first kappa shape index (κ1) is 24.8. The zero-order valence-corrected chi connectivity index (χ0v) is 22.0. The number of thioether (sulfide) groups is 1. The van der Waals surface area contributed by atoms with Crippen molar-refractivity contribution in [3.63, 3.8) is 0 Å². The number of piperidine rings is 1. The van der Waals surface area contributed by atoms with Crippen molar-refractivity contribution in [1.82, 2.24) is 24.6 Å². The number of amides is 1. The average Bonchev–Trinajstić information content (AvgIpc) is 3.70. The topological polar surface area (TPSA) is 95.5 Å². The van der Waals surface area contributed by atoms with Crippen LogP contribution in [-0.2, 0) is 21.6 Å². The Balaban J connectivity index is 1.16. The quantitative estimate of drug-likeness (QED) is 0.323. The van der Waals surface area contributed by atoms with Crippen molar-refractivity contribution >= 4 is 17.7 Å². The Morgan fingerprint density at radius 3 is 2.50 bits per heavy atom. The smallest absolute Gasteiger partial charge is 0.275 e. The van der Waals surface area contributed by atoms with Gasteiger partial charge in [0.25, 0.3) is 5.91 Å². The van der Waals surface area contributed by atoms with Crippen LogP contribution in [0.4, 0.5) is 0 Å². The molecule has 4 aromatic rings. The second-order valence-electron chi connectivity index (χ2n) is 9.50. The van der Waals surface area contributed by atoms with Gasteiger partial charge < -0.3 is 18.8 Å². The van der Waals surface area contributed by atoms with Gasteiger partial charge in [-0.2, -0.15) is 0 Å². The number of para-hydroxylation sites is 1. The van der Waals surface area contributed by atoms with Crippen LogP contribution in [0.3, 0.4) is 0 Å². The van der Waals surface area contributed by atoms with Crippen LogP contribution in [0.5, 0.6) is 0 Å². The minimum Gasteiger partial charge on any atom is -0.447 e. The molecular weight excluding hydrogens is 502 g/mol. The molecule has 1 amide bonds. The Hall–Kier alpha value is -3.47. The maximum atomic E-state index is 13.0. The molecule has 0 atom stereocenters. The lowest BCUT2D eigenvalue weighted by molar-refractivity contribution is -0.181. The van der Waals surface area contributed by atoms with Gasteiger partial charge in [-0.1, -0.05) is 60.3 Å². The van der Waals surface area contributed by atoms with E-state index in [2.05, 4.69) is 50.9 Å². The minimum atomic E-state index is -0.519. The number of likely N-dealkylation sites (tertiary alicyclic amines) is 1. The van der Waals surface area contributed by atoms with Crippen LogP contribution in [0.25, 0.3) is 5.69 Å². The summed E-state index contributed by atoms with van der Waals surface area (Å²) in [4.78, 5) is 19.3. The standard InChI is InChI=1S/C28H29N5O4S/c1-20-7-5-6-10-23(20)33-24(17-21-8-3-2-4-9-21)30-31-27(33)38-19-25-29-22(18-35-25)26(34)32-13-11-28(12-14-32)36-15-16-37-28/h2-10,18H,11-17,19H2,1H3. The van der Waals surface area contributed by atoms with E-state index in [1.54, 1.807) is 4.90 Å². The summed E-state index contributed by atoms with van der Waals surface area (Å²) < 4.78 is 19.3. The maximum Gasteiger partial charge on any atom is 0.275 e. The molecule has 196 valence electrons. The lowest BCUT2D eigenvalue weighted by Crippen LogP contribution is -2.47. The van der Waals surface area contributed by atoms with Crippen molar-refractivity contribution in [1.29, 1.82) is 0 Å². The molecule has 9 nitrogen and oxygen atoms in total. The Morgan fingerprint density at radius 2 is 1.74 bits per heavy atom. The van der Waals surface area contributed by atoms with Gasteiger partial charge in [0.15, 0.2) is 16.6 Å². The second-order valence-corrected chi connectivity index (χ2v) is 10.4. The summed E-state index contributed by atoms with van der Waals surface area (Å²) in [6.07, 6.45) is 3.43. The van der Waals surface area contributed by atoms with Gasteiger partial charge in [0, 0.05) is 32.4 Å². The fourth-order valence-corrected chi connectivity index (χ4v) is 5.76. The molecule has 2 aliphatic rings. The number of oxazole rings is 1. The summed E-state index contributed by atoms with van der Waals surface area (Å²) in [7, 11) is 0. The molecule has 38 heavy (non-hydrogen) atoms. The summed E-state index contributed by atoms with van der Waals surface area (Å²) in [5, 5.41) is 9.77. The van der Waals surface area contributed by atoms with Gasteiger partial charge in [-0.3, -0.25) is 9.36 Å². The molecule has 0 radical (unpaired) electrons. The highest BCUT2D eigenvalue weighted by atomic mass is 32.2. The van der Waals surface area contributed by atoms with E-state index in [4.69, 9.17) is 13.9 Å². The Morgan fingerprint density at radius 1 is 1.00 bits per heavy atom. The van der Waals surface area contributed by atoms with Crippen molar-refractivity contribution in [2.75, 3.05) is 26.3 Å². The van der Waals surface area contributed by atoms with Crippen molar-refractivity contribution in [2.45, 2.75) is 42.9 Å². The highest BCUT2D eigenvalue weighted by molar-refractivity contribution is 7.98. The van der Waals surface area contributed by atoms with Crippen molar-refractivity contribution < 1.29 is 18.7 Å². The molecule has 10 heteroatoms. The van der Waals surface area contributed by atoms with Gasteiger partial charge in [0.1, 0.15) is 12.1 Å². The second kappa shape index (κ2) is 10.7. The van der Waals surface area contributed by atoms with Crippen LogP contribution < -0.4 is 0 Å². The van der Waals surface area contributed by atoms with E-state index in [-0.39, 0.29) is 5.91 Å². The average molecular weight is 532 g/mol. The molecule has 6 rings (SSSR count). The summed E-state index contributed by atoms with van der Waals surface area (Å²) in [5.41, 5.74) is 3.64. The Labute approximate surface area is 225 Å². The molecule has 0 saturated carbocycles. The number of hydrogen-bond acceptors (Lipinski definition) is 8. The van der Waals surface area contributed by atoms with Gasteiger partial charge in [-0.15, -0.1) is 10.2 Å². The molecule has 2 aromatic heterocycles. The first-order valence-corrected chi connectivity index (χ1v) is 13.8. The summed E-state index contributed by atoms with van der Waals surface area (Å²) in [5.74, 6) is 1.10. The van der Waals surface area contributed by atoms with E-state index in [1.165, 1.54) is 18.0 Å². The first-order valence-electron chi connectivity index (χ1n) is 12.8. The molecule has 0 unspecified atom stereocenters. The largest absolute Gasteiger partial charge is 0.447 e. The van der Waals surface area contributed by atoms with E-state index >= 15 is 0 Å². The predicted molar refractivity (Wildman–Crippen MR) is 141 cm³/mol. The first-order chi connectivity index (χ1) is 18.6. The molecule has 4 heterocycles. The molecular formula is C28H29N5O4S. The summed E-state index contributed by atoms with van der Waals surface area (Å²) in [6.45, 7) is 4.45. The maximum absolute atomic E-state index is 13.0. The van der Waals surface area contributed by atoms with Crippen LogP contribution in [0, 0.1) is 6.92 Å². The van der Waals surface area contributed by atoms with Crippen LogP contribution in [0.1, 0.15) is 46.2 Å². The summed E-state index contributed by atoms with van der Waals surface area (Å²) >= 11 is 1.48. The monoisotopic (exact) mass is 531 g/mol. The number of hydrogen-bond donors (Lipinski definition) is 0. The van der Waals surface area contributed by atoms with Crippen molar-refractivity contribution in [3.8, 4) is 5.69 Å². The van der Waals surface area contributed by atoms with E-state index in [0.29, 0.717) is 62.9 Å². The highest BCUT2D eigenvalue weighted by Crippen LogP contribution is 2.32. The molecule has 0 bridgehead atoms. The van der Waals surface area contributed by atoms with Crippen LogP contribution in [0.2, 0.25) is 0 Å². The van der Waals surface area contributed by atoms with Gasteiger partial charge >= 0.3 is 0 Å². The SMILES string of the molecule is Cc1ccccc1-n1c(Cc2ccccc2)nnc1SCc1nc(C(=O)N2CCC3(CC2)OCCO3)co1. The number of benzene rings is 2. The zero-order chi connectivity index (χ0) is 26.0. The number of aromatic nitrogens is 4. The third-order valence-electron chi connectivity index (χ3n) is 6.98.